The SMILES string of the molecule is CC.CC.Cc1ccc(NC(=O)Nc2cc(CCC(=O)OCOC(=O)N(C)c3ncccc3CON(OCc3ccccc3)OCc3ccccc3)ccc2N(CC(C)C)CC(C)C)cc1. The van der Waals surface area contributed by atoms with E-state index in [9.17, 15) is 14.4 Å². The zero-order valence-corrected chi connectivity index (χ0v) is 40.4. The number of hydrogen-bond acceptors (Lipinski definition) is 11. The van der Waals surface area contributed by atoms with Crippen LogP contribution in [0.4, 0.5) is 32.5 Å². The number of esters is 1. The van der Waals surface area contributed by atoms with Crippen molar-refractivity contribution in [2.75, 3.05) is 47.4 Å². The molecule has 4 aromatic carbocycles. The van der Waals surface area contributed by atoms with E-state index in [2.05, 4.69) is 48.2 Å². The van der Waals surface area contributed by atoms with E-state index in [0.717, 1.165) is 46.4 Å². The zero-order chi connectivity index (χ0) is 48.3. The minimum absolute atomic E-state index is 0.0142. The Labute approximate surface area is 392 Å². The van der Waals surface area contributed by atoms with Crippen LogP contribution in [0.25, 0.3) is 0 Å². The summed E-state index contributed by atoms with van der Waals surface area (Å²) in [6, 6.07) is 35.6. The van der Waals surface area contributed by atoms with E-state index in [1.165, 1.54) is 18.1 Å². The number of carbonyl (C=O) groups is 3. The highest BCUT2D eigenvalue weighted by Crippen LogP contribution is 2.30. The van der Waals surface area contributed by atoms with Gasteiger partial charge in [0.2, 0.25) is 6.79 Å². The minimum Gasteiger partial charge on any atom is -0.428 e. The van der Waals surface area contributed by atoms with Gasteiger partial charge in [0, 0.05) is 44.0 Å². The third kappa shape index (κ3) is 19.4. The highest BCUT2D eigenvalue weighted by atomic mass is 17.2. The van der Waals surface area contributed by atoms with Crippen LogP contribution in [0.15, 0.2) is 121 Å². The van der Waals surface area contributed by atoms with E-state index in [1.807, 2.05) is 138 Å². The van der Waals surface area contributed by atoms with Crippen molar-refractivity contribution in [1.29, 1.82) is 0 Å². The van der Waals surface area contributed by atoms with Crippen molar-refractivity contribution in [1.82, 2.24) is 10.4 Å². The standard InChI is InChI=1S/C48H58N6O8.2C2H6/c1-35(2)29-53(30-36(3)4)44-25-21-38(28-43(44)51-47(56)50-42-23-19-37(5)20-24-42)22-26-45(55)58-34-59-48(57)52(6)46-41(18-13-27-49-46)33-62-54(60-31-39-14-9-7-10-15-39)61-32-40-16-11-8-12-17-40;2*1-2/h7-21,23-25,27-28,35-36H,22,26,29-34H2,1-6H3,(H2,50,51,56);2*1-2H3. The zero-order valence-electron chi connectivity index (χ0n) is 40.4. The summed E-state index contributed by atoms with van der Waals surface area (Å²) in [6.07, 6.45) is 1.08. The summed E-state index contributed by atoms with van der Waals surface area (Å²) in [5, 5.41) is 6.91. The summed E-state index contributed by atoms with van der Waals surface area (Å²) in [5.74, 6) is 0.475. The molecule has 0 fully saturated rings. The molecule has 0 saturated heterocycles. The Balaban J connectivity index is 0.00000281. The first-order valence-electron chi connectivity index (χ1n) is 22.7. The molecule has 1 aromatic heterocycles. The Bertz CT molecular complexity index is 2100. The van der Waals surface area contributed by atoms with Crippen LogP contribution in [0.2, 0.25) is 0 Å². The molecule has 5 rings (SSSR count). The fourth-order valence-electron chi connectivity index (χ4n) is 6.32. The van der Waals surface area contributed by atoms with Crippen molar-refractivity contribution in [2.45, 2.75) is 95.0 Å². The number of pyridine rings is 1. The van der Waals surface area contributed by atoms with Crippen molar-refractivity contribution in [3.8, 4) is 0 Å². The molecule has 0 unspecified atom stereocenters. The average molecular weight is 907 g/mol. The van der Waals surface area contributed by atoms with E-state index in [0.29, 0.717) is 35.2 Å². The quantitative estimate of drug-likeness (QED) is 0.0389. The molecule has 0 spiro atoms. The monoisotopic (exact) mass is 907 g/mol. The van der Waals surface area contributed by atoms with Crippen LogP contribution in [0.3, 0.4) is 0 Å². The molecule has 0 aliphatic carbocycles. The predicted octanol–water partition coefficient (Wildman–Crippen LogP) is 11.9. The van der Waals surface area contributed by atoms with Crippen molar-refractivity contribution >= 4 is 41.0 Å². The van der Waals surface area contributed by atoms with Gasteiger partial charge in [-0.3, -0.25) is 9.69 Å². The maximum Gasteiger partial charge on any atom is 0.418 e. The molecule has 14 nitrogen and oxygen atoms in total. The lowest BCUT2D eigenvalue weighted by Gasteiger charge is -2.30. The van der Waals surface area contributed by atoms with Crippen LogP contribution in [-0.2, 0) is 55.0 Å². The number of rotatable bonds is 22. The van der Waals surface area contributed by atoms with E-state index in [4.69, 9.17) is 24.0 Å². The van der Waals surface area contributed by atoms with Crippen molar-refractivity contribution in [3.63, 3.8) is 0 Å². The highest BCUT2D eigenvalue weighted by molar-refractivity contribution is 6.02. The number of anilines is 4. The molecule has 66 heavy (non-hydrogen) atoms. The fraction of sp³-hybridized carbons (Fsp3) is 0.385. The van der Waals surface area contributed by atoms with Crippen LogP contribution in [0.5, 0.6) is 0 Å². The Morgan fingerprint density at radius 1 is 0.652 bits per heavy atom. The molecule has 0 atom stereocenters. The number of benzene rings is 4. The maximum absolute atomic E-state index is 13.2. The van der Waals surface area contributed by atoms with Crippen molar-refractivity contribution < 1.29 is 38.4 Å². The van der Waals surface area contributed by atoms with Crippen LogP contribution in [-0.4, -0.2) is 55.4 Å². The van der Waals surface area contributed by atoms with Crippen LogP contribution in [0.1, 0.15) is 89.6 Å². The van der Waals surface area contributed by atoms with E-state index in [1.54, 1.807) is 12.1 Å². The van der Waals surface area contributed by atoms with E-state index < -0.39 is 18.9 Å². The lowest BCUT2D eigenvalue weighted by Crippen LogP contribution is -2.32. The third-order valence-electron chi connectivity index (χ3n) is 9.29. The second-order valence-corrected chi connectivity index (χ2v) is 15.6. The normalized spacial score (nSPS) is 10.6. The molecule has 0 bridgehead atoms. The Morgan fingerprint density at radius 2 is 1.23 bits per heavy atom. The third-order valence-corrected chi connectivity index (χ3v) is 9.29. The topological polar surface area (TPSA) is 144 Å². The predicted molar refractivity (Wildman–Crippen MR) is 262 cm³/mol. The summed E-state index contributed by atoms with van der Waals surface area (Å²) >= 11 is 0. The first kappa shape index (κ1) is 54.0. The number of aryl methyl sites for hydroxylation is 2. The maximum atomic E-state index is 13.2. The molecule has 0 aliphatic heterocycles. The number of carbonyl (C=O) groups excluding carboxylic acids is 3. The molecule has 0 aliphatic rings. The van der Waals surface area contributed by atoms with E-state index >= 15 is 0 Å². The molecule has 356 valence electrons. The van der Waals surface area contributed by atoms with Crippen molar-refractivity contribution in [3.05, 3.63) is 149 Å². The fourth-order valence-corrected chi connectivity index (χ4v) is 6.32. The van der Waals surface area contributed by atoms with Crippen LogP contribution < -0.4 is 20.4 Å². The van der Waals surface area contributed by atoms with E-state index in [-0.39, 0.29) is 38.1 Å². The largest absolute Gasteiger partial charge is 0.428 e. The summed E-state index contributed by atoms with van der Waals surface area (Å²) < 4.78 is 10.6. The summed E-state index contributed by atoms with van der Waals surface area (Å²) in [7, 11) is 1.49. The molecule has 5 aromatic rings. The molecule has 3 amide bonds. The summed E-state index contributed by atoms with van der Waals surface area (Å²) in [6.45, 7) is 19.9. The number of urea groups is 1. The van der Waals surface area contributed by atoms with Gasteiger partial charge in [0.1, 0.15) is 12.4 Å². The molecule has 2 N–H and O–H groups in total. The van der Waals surface area contributed by atoms with Gasteiger partial charge >= 0.3 is 18.1 Å². The van der Waals surface area contributed by atoms with Gasteiger partial charge in [0.05, 0.1) is 30.0 Å². The molecule has 0 saturated carbocycles. The van der Waals surface area contributed by atoms with Crippen LogP contribution in [0, 0.1) is 18.8 Å². The first-order valence-corrected chi connectivity index (χ1v) is 22.7. The number of hydrogen-bond donors (Lipinski definition) is 2. The lowest BCUT2D eigenvalue weighted by molar-refractivity contribution is -0.538. The minimum atomic E-state index is -0.794. The van der Waals surface area contributed by atoms with Gasteiger partial charge in [0.25, 0.3) is 0 Å². The van der Waals surface area contributed by atoms with Gasteiger partial charge < -0.3 is 25.0 Å². The van der Waals surface area contributed by atoms with Gasteiger partial charge in [-0.05, 0) is 72.2 Å². The molecular weight excluding hydrogens is 837 g/mol. The van der Waals surface area contributed by atoms with Gasteiger partial charge in [-0.1, -0.05) is 146 Å². The molecular formula is C52H70N6O8. The smallest absolute Gasteiger partial charge is 0.418 e. The van der Waals surface area contributed by atoms with Crippen LogP contribution >= 0.6 is 0 Å². The number of nitrogens with one attached hydrogen (secondary N) is 2. The molecule has 14 heteroatoms. The second-order valence-electron chi connectivity index (χ2n) is 15.6. The Morgan fingerprint density at radius 3 is 1.80 bits per heavy atom. The number of ether oxygens (including phenoxy) is 2. The number of nitrogens with zero attached hydrogens (tertiary/aromatic N) is 4. The Hall–Kier alpha value is -6.32. The number of aromatic nitrogens is 1. The first-order chi connectivity index (χ1) is 31.9. The van der Waals surface area contributed by atoms with Gasteiger partial charge in [-0.2, -0.15) is 0 Å². The van der Waals surface area contributed by atoms with Gasteiger partial charge in [0.15, 0.2) is 0 Å². The van der Waals surface area contributed by atoms with Gasteiger partial charge in [-0.25, -0.2) is 29.1 Å². The lowest BCUT2D eigenvalue weighted by atomic mass is 10.1. The van der Waals surface area contributed by atoms with Crippen molar-refractivity contribution in [2.24, 2.45) is 11.8 Å². The Kier molecular flexibility index (Phi) is 24.5. The summed E-state index contributed by atoms with van der Waals surface area (Å²) in [4.78, 5) is 64.6. The summed E-state index contributed by atoms with van der Waals surface area (Å²) in [5.41, 5.74) is 6.46. The molecule has 1 heterocycles. The average Bonchev–Trinajstić information content (AvgIpc) is 3.32. The highest BCUT2D eigenvalue weighted by Gasteiger charge is 2.21. The molecule has 0 radical (unpaired) electrons. The number of amides is 3. The second kappa shape index (κ2) is 30.0. The van der Waals surface area contributed by atoms with Gasteiger partial charge in [-0.15, -0.1) is 0 Å².